The Kier molecular flexibility index (Phi) is 20.4. The minimum absolute atomic E-state index is 0.0410. The predicted molar refractivity (Wildman–Crippen MR) is 286 cm³/mol. The van der Waals surface area contributed by atoms with Crippen LogP contribution in [0.15, 0.2) is 42.7 Å². The quantitative estimate of drug-likeness (QED) is 0.0258. The van der Waals surface area contributed by atoms with Gasteiger partial charge in [0.15, 0.2) is 17.4 Å². The van der Waals surface area contributed by atoms with Gasteiger partial charge in [-0.15, -0.1) is 0 Å². The summed E-state index contributed by atoms with van der Waals surface area (Å²) >= 11 is 24.8. The number of methoxy groups -OCH3 is 1. The van der Waals surface area contributed by atoms with Crippen molar-refractivity contribution in [1.29, 1.82) is 0 Å². The first-order chi connectivity index (χ1) is 35.6. The number of hydrogen-bond acceptors (Lipinski definition) is 25. The largest absolute Gasteiger partial charge is 0.396 e. The number of fused-ring (bicyclic) bond motifs is 1. The van der Waals surface area contributed by atoms with Crippen molar-refractivity contribution in [3.63, 3.8) is 0 Å². The smallest absolute Gasteiger partial charge is 0.386 e. The lowest BCUT2D eigenvalue weighted by Gasteiger charge is -2.28. The van der Waals surface area contributed by atoms with E-state index in [2.05, 4.69) is 49.4 Å². The first-order valence-electron chi connectivity index (χ1n) is 22.7. The molecule has 0 saturated carbocycles. The lowest BCUT2D eigenvalue weighted by atomic mass is 10.1. The summed E-state index contributed by atoms with van der Waals surface area (Å²) < 4.78 is 88.4. The predicted octanol–water partition coefficient (Wildman–Crippen LogP) is 1.56. The Morgan fingerprint density at radius 2 is 1.34 bits per heavy atom. The fourth-order valence-corrected chi connectivity index (χ4v) is 15.0. The number of aromatic amines is 3. The standard InChI is InChI=1S/C37H55N9O21P4S5/c1-17(2)64-71(75,76)60-14-23-21(10-26(62-23)46-16-39-27-30(46)40-35(38)41-33(27)50)66-69(54,73)58-13-22-20(9-25(61-22)44-11-18(3)31(48)42-36(44)51)65-70(55,74)59-15-24-28(67-68(53,72)57-8-6-7-47)29(56-5)34(63-24)45-12-19(4)32(49)43-37(45)52/h11-12,16-17,20-26,28-29,34,47H,6-10,13-15H2,1-5H3,(H,53,72)(H,54,73)(H,55,74)(H,75,76)(H,42,48,51)(H,43,49,52)(H3,38,40,41,50)/t20-,21-,22-,23-,24-,25-,26-,28+,29?,34-,68?,69?,70?/m1/s1. The Labute approximate surface area is 456 Å². The van der Waals surface area contributed by atoms with Crippen LogP contribution in [0.25, 0.3) is 11.2 Å². The average molecular weight is 1250 g/mol. The number of imidazole rings is 1. The fourth-order valence-electron chi connectivity index (χ4n) is 8.07. The molecule has 3 aliphatic rings. The van der Waals surface area contributed by atoms with Gasteiger partial charge in [-0.05, 0) is 69.5 Å². The zero-order valence-corrected chi connectivity index (χ0v) is 48.5. The fraction of sp³-hybridized carbons (Fsp3) is 0.649. The Morgan fingerprint density at radius 3 is 1.96 bits per heavy atom. The van der Waals surface area contributed by atoms with Crippen molar-refractivity contribution in [3.8, 4) is 0 Å². The third-order valence-corrected chi connectivity index (χ3v) is 18.6. The molecule has 8 N–H and O–H groups in total. The van der Waals surface area contributed by atoms with Gasteiger partial charge in [0, 0.05) is 50.1 Å². The summed E-state index contributed by atoms with van der Waals surface area (Å²) in [5.41, 5.74) is -0.765. The maximum atomic E-state index is 14.3. The molecule has 0 radical (unpaired) electrons. The van der Waals surface area contributed by atoms with Crippen LogP contribution >= 0.6 is 50.4 Å². The Morgan fingerprint density at radius 1 is 0.776 bits per heavy atom. The number of anilines is 1. The van der Waals surface area contributed by atoms with E-state index in [4.69, 9.17) is 96.3 Å². The molecule has 39 heteroatoms. The van der Waals surface area contributed by atoms with Gasteiger partial charge in [-0.1, -0.05) is 24.5 Å². The van der Waals surface area contributed by atoms with Gasteiger partial charge < -0.3 is 62.2 Å². The van der Waals surface area contributed by atoms with Gasteiger partial charge in [0.1, 0.15) is 49.1 Å². The molecule has 76 heavy (non-hydrogen) atoms. The molecule has 4 aromatic rings. The molecule has 3 aliphatic heterocycles. The molecule has 4 aromatic heterocycles. The highest BCUT2D eigenvalue weighted by atomic mass is 32.9. The lowest BCUT2D eigenvalue weighted by Crippen LogP contribution is -2.40. The van der Waals surface area contributed by atoms with Gasteiger partial charge >= 0.3 is 31.6 Å². The second-order valence-corrected chi connectivity index (χ2v) is 31.1. The van der Waals surface area contributed by atoms with Crippen molar-refractivity contribution in [2.75, 3.05) is 45.9 Å². The maximum Gasteiger partial charge on any atom is 0.386 e. The number of aryl methyl sites for hydroxylation is 2. The topological polar surface area (TPSA) is 388 Å². The molecule has 7 heterocycles. The summed E-state index contributed by atoms with van der Waals surface area (Å²) in [4.78, 5) is 101. The molecule has 0 amide bonds. The summed E-state index contributed by atoms with van der Waals surface area (Å²) in [5, 5.41) is 9.25. The van der Waals surface area contributed by atoms with Gasteiger partial charge in [-0.25, -0.2) is 19.1 Å². The number of thiol groups is 2. The molecule has 0 aliphatic carbocycles. The van der Waals surface area contributed by atoms with Crippen molar-refractivity contribution in [2.24, 2.45) is 0 Å². The molecule has 0 bridgehead atoms. The van der Waals surface area contributed by atoms with Gasteiger partial charge in [0.05, 0.1) is 45.0 Å². The van der Waals surface area contributed by atoms with E-state index < -0.39 is 129 Å². The molecule has 424 valence electrons. The van der Waals surface area contributed by atoms with Crippen LogP contribution in [0.3, 0.4) is 0 Å². The van der Waals surface area contributed by atoms with Gasteiger partial charge in [0.25, 0.3) is 16.7 Å². The van der Waals surface area contributed by atoms with Crippen LogP contribution in [0.4, 0.5) is 5.95 Å². The Bertz CT molecular complexity index is 3250. The number of aliphatic hydroxyl groups excluding tert-OH is 1. The molecule has 3 saturated heterocycles. The monoisotopic (exact) mass is 1250 g/mol. The van der Waals surface area contributed by atoms with Crippen molar-refractivity contribution in [2.45, 2.75) is 114 Å². The van der Waals surface area contributed by atoms with E-state index in [1.807, 2.05) is 0 Å². The van der Waals surface area contributed by atoms with Gasteiger partial charge in [0.2, 0.25) is 11.6 Å². The molecule has 0 spiro atoms. The van der Waals surface area contributed by atoms with E-state index in [0.29, 0.717) is 0 Å². The normalized spacial score (nSPS) is 28.1. The SMILES string of the molecule is COC1[C@@H](OP(O)(=S)OCCCO)[C@@H](COP(=O)(S)O[C@@H]2C[C@H](n3cc(C)c(=O)[nH]c3=O)O[C@@H]2COP(O)(=S)O[C@@H]2C[C@H](n3cnc4c(=O)[nH]c(N)nc43)O[C@@H]2COP(=S)(S)OC(C)C)O[C@H]1n1cc(C)c(=O)[nH]c1=O. The van der Waals surface area contributed by atoms with E-state index in [1.165, 1.54) is 44.2 Å². The van der Waals surface area contributed by atoms with Crippen molar-refractivity contribution in [1.82, 2.24) is 38.6 Å². The van der Waals surface area contributed by atoms with Crippen LogP contribution in [0.2, 0.25) is 0 Å². The summed E-state index contributed by atoms with van der Waals surface area (Å²) in [7, 11) is 1.24. The van der Waals surface area contributed by atoms with E-state index in [1.54, 1.807) is 13.8 Å². The van der Waals surface area contributed by atoms with Crippen molar-refractivity contribution in [3.05, 3.63) is 81.9 Å². The number of ether oxygens (including phenoxy) is 4. The van der Waals surface area contributed by atoms with Crippen molar-refractivity contribution < 1.29 is 74.6 Å². The first kappa shape index (κ1) is 61.4. The highest BCUT2D eigenvalue weighted by Gasteiger charge is 2.51. The molecular formula is C37H55N9O21P4S5. The summed E-state index contributed by atoms with van der Waals surface area (Å²) in [6.07, 6.45) is -9.35. The molecular weight excluding hydrogens is 1190 g/mol. The number of nitrogen functional groups attached to an aromatic ring is 1. The second-order valence-electron chi connectivity index (χ2n) is 17.4. The van der Waals surface area contributed by atoms with E-state index in [9.17, 15) is 43.4 Å². The molecule has 5 unspecified atom stereocenters. The molecule has 3 fully saturated rings. The second kappa shape index (κ2) is 25.3. The third kappa shape index (κ3) is 15.4. The number of aliphatic hydroxyl groups is 1. The summed E-state index contributed by atoms with van der Waals surface area (Å²) in [6, 6.07) is 0. The Hall–Kier alpha value is -2.21. The molecule has 30 nitrogen and oxygen atoms in total. The zero-order chi connectivity index (χ0) is 55.7. The van der Waals surface area contributed by atoms with E-state index in [0.717, 1.165) is 9.13 Å². The van der Waals surface area contributed by atoms with E-state index >= 15 is 0 Å². The number of hydrogen-bond donors (Lipinski definition) is 9. The highest BCUT2D eigenvalue weighted by molar-refractivity contribution is 8.60. The van der Waals surface area contributed by atoms with Crippen LogP contribution in [0.1, 0.15) is 62.9 Å². The maximum absolute atomic E-state index is 14.3. The third-order valence-electron chi connectivity index (χ3n) is 11.5. The van der Waals surface area contributed by atoms with E-state index in [-0.39, 0.29) is 73.4 Å². The minimum Gasteiger partial charge on any atom is -0.396 e. The number of rotatable bonds is 25. The van der Waals surface area contributed by atoms with Crippen molar-refractivity contribution >= 4 is 103 Å². The van der Waals surface area contributed by atoms with Crippen LogP contribution in [0, 0.1) is 13.8 Å². The number of nitrogens with one attached hydrogen (secondary N) is 3. The van der Waals surface area contributed by atoms with Gasteiger partial charge in [-0.3, -0.25) is 56.6 Å². The number of nitrogens with zero attached hydrogens (tertiary/aromatic N) is 5. The van der Waals surface area contributed by atoms with Crippen LogP contribution < -0.4 is 33.8 Å². The van der Waals surface area contributed by atoms with Crippen LogP contribution in [-0.4, -0.2) is 142 Å². The molecule has 0 aromatic carbocycles. The molecule has 14 atom stereocenters. The minimum atomic E-state index is -4.63. The summed E-state index contributed by atoms with van der Waals surface area (Å²) in [5.74, 6) is -0.191. The first-order valence-corrected chi connectivity index (χ1v) is 34.3. The summed E-state index contributed by atoms with van der Waals surface area (Å²) in [6.45, 7) is -8.95. The average Bonchev–Trinajstić information content (AvgIpc) is 4.11. The number of aromatic nitrogens is 8. The van der Waals surface area contributed by atoms with Crippen LogP contribution in [-0.2, 0) is 95.1 Å². The zero-order valence-electron chi connectivity index (χ0n) is 40.7. The number of H-pyrrole nitrogens is 3. The highest BCUT2D eigenvalue weighted by Crippen LogP contribution is 2.59. The van der Waals surface area contributed by atoms with Crippen LogP contribution in [0.5, 0.6) is 0 Å². The lowest BCUT2D eigenvalue weighted by molar-refractivity contribution is -0.0626. The van der Waals surface area contributed by atoms with Gasteiger partial charge in [-0.2, -0.15) is 4.98 Å². The molecule has 7 rings (SSSR count). The Balaban J connectivity index is 1.11. The number of nitrogens with two attached hydrogens (primary N) is 1.